The number of nitrogens with one attached hydrogen (secondary N) is 2. The molecule has 0 atom stereocenters. The van der Waals surface area contributed by atoms with Crippen molar-refractivity contribution in [2.24, 2.45) is 0 Å². The molecule has 3 aromatic rings. The number of nitro benzene ring substituents is 1. The highest BCUT2D eigenvalue weighted by Gasteiger charge is 2.11. The summed E-state index contributed by atoms with van der Waals surface area (Å²) < 4.78 is 0. The highest BCUT2D eigenvalue weighted by molar-refractivity contribution is 5.94. The molecule has 0 aliphatic heterocycles. The Morgan fingerprint density at radius 3 is 2.59 bits per heavy atom. The molecular weight excluding hydrogens is 284 g/mol. The first-order valence-corrected chi connectivity index (χ1v) is 6.60. The van der Waals surface area contributed by atoms with E-state index < -0.39 is 4.92 Å². The number of nitro groups is 1. The van der Waals surface area contributed by atoms with Gasteiger partial charge >= 0.3 is 0 Å². The molecule has 7 heteroatoms. The molecule has 0 aliphatic rings. The van der Waals surface area contributed by atoms with E-state index >= 15 is 0 Å². The molecule has 110 valence electrons. The van der Waals surface area contributed by atoms with Crippen LogP contribution in [-0.2, 0) is 6.54 Å². The Hall–Kier alpha value is -3.22. The molecule has 1 aromatic heterocycles. The van der Waals surface area contributed by atoms with Gasteiger partial charge < -0.3 is 10.3 Å². The maximum Gasteiger partial charge on any atom is 0.287 e. The number of carbonyl (C=O) groups excluding carboxylic acids is 1. The highest BCUT2D eigenvalue weighted by atomic mass is 16.6. The number of non-ortho nitro benzene ring substituents is 1. The molecule has 0 spiro atoms. The summed E-state index contributed by atoms with van der Waals surface area (Å²) >= 11 is 0. The maximum atomic E-state index is 12.0. The second-order valence-electron chi connectivity index (χ2n) is 4.71. The van der Waals surface area contributed by atoms with Crippen molar-refractivity contribution in [1.29, 1.82) is 0 Å². The van der Waals surface area contributed by atoms with Gasteiger partial charge in [-0.2, -0.15) is 0 Å². The standard InChI is InChI=1S/C15H12N4O3/c20-15(14-17-12-3-1-2-4-13(12)18-14)16-9-10-5-7-11(8-6-10)19(21)22/h1-8H,9H2,(H,16,20)(H,17,18). The summed E-state index contributed by atoms with van der Waals surface area (Å²) in [4.78, 5) is 29.3. The quantitative estimate of drug-likeness (QED) is 0.570. The van der Waals surface area contributed by atoms with Crippen LogP contribution in [0.2, 0.25) is 0 Å². The summed E-state index contributed by atoms with van der Waals surface area (Å²) in [5.41, 5.74) is 2.31. The second kappa shape index (κ2) is 5.65. The number of benzene rings is 2. The van der Waals surface area contributed by atoms with Crippen LogP contribution in [0.15, 0.2) is 48.5 Å². The summed E-state index contributed by atoms with van der Waals surface area (Å²) in [7, 11) is 0. The van der Waals surface area contributed by atoms with Gasteiger partial charge in [-0.3, -0.25) is 14.9 Å². The molecule has 0 aliphatic carbocycles. The average molecular weight is 296 g/mol. The van der Waals surface area contributed by atoms with Gasteiger partial charge in [-0.05, 0) is 17.7 Å². The van der Waals surface area contributed by atoms with Crippen molar-refractivity contribution >= 4 is 22.6 Å². The van der Waals surface area contributed by atoms with Crippen LogP contribution in [0, 0.1) is 10.1 Å². The van der Waals surface area contributed by atoms with Crippen molar-refractivity contribution in [3.63, 3.8) is 0 Å². The van der Waals surface area contributed by atoms with E-state index in [4.69, 9.17) is 0 Å². The molecule has 1 amide bonds. The Bertz CT molecular complexity index is 806. The molecule has 0 bridgehead atoms. The number of hydrogen-bond acceptors (Lipinski definition) is 4. The van der Waals surface area contributed by atoms with Crippen molar-refractivity contribution in [3.05, 3.63) is 70.0 Å². The van der Waals surface area contributed by atoms with Gasteiger partial charge in [0.25, 0.3) is 11.6 Å². The number of H-pyrrole nitrogens is 1. The summed E-state index contributed by atoms with van der Waals surface area (Å²) in [5, 5.41) is 13.3. The molecule has 0 unspecified atom stereocenters. The number of aromatic amines is 1. The summed E-state index contributed by atoms with van der Waals surface area (Å²) in [6.45, 7) is 0.272. The van der Waals surface area contributed by atoms with Crippen molar-refractivity contribution in [1.82, 2.24) is 15.3 Å². The number of carbonyl (C=O) groups is 1. The van der Waals surface area contributed by atoms with Crippen LogP contribution in [0.25, 0.3) is 11.0 Å². The number of hydrogen-bond donors (Lipinski definition) is 2. The minimum absolute atomic E-state index is 0.0207. The first-order valence-electron chi connectivity index (χ1n) is 6.60. The summed E-state index contributed by atoms with van der Waals surface area (Å²) in [6, 6.07) is 13.4. The van der Waals surface area contributed by atoms with Gasteiger partial charge in [0.1, 0.15) is 0 Å². The van der Waals surface area contributed by atoms with Gasteiger partial charge in [-0.25, -0.2) is 4.98 Å². The SMILES string of the molecule is O=C(NCc1ccc([N+](=O)[O-])cc1)c1nc2ccccc2[nH]1. The van der Waals surface area contributed by atoms with Gasteiger partial charge in [0, 0.05) is 18.7 Å². The Balaban J connectivity index is 1.67. The van der Waals surface area contributed by atoms with Gasteiger partial charge in [0.15, 0.2) is 5.82 Å². The number of nitrogens with zero attached hydrogens (tertiary/aromatic N) is 2. The molecule has 1 heterocycles. The lowest BCUT2D eigenvalue weighted by Gasteiger charge is -2.03. The topological polar surface area (TPSA) is 101 Å². The van der Waals surface area contributed by atoms with E-state index in [9.17, 15) is 14.9 Å². The van der Waals surface area contributed by atoms with Gasteiger partial charge in [0.05, 0.1) is 16.0 Å². The van der Waals surface area contributed by atoms with E-state index in [0.717, 1.165) is 16.6 Å². The van der Waals surface area contributed by atoms with E-state index in [0.29, 0.717) is 0 Å². The third-order valence-electron chi connectivity index (χ3n) is 3.20. The Kier molecular flexibility index (Phi) is 3.53. The lowest BCUT2D eigenvalue weighted by atomic mass is 10.2. The van der Waals surface area contributed by atoms with Crippen molar-refractivity contribution in [3.8, 4) is 0 Å². The smallest absolute Gasteiger partial charge is 0.287 e. The second-order valence-corrected chi connectivity index (χ2v) is 4.71. The predicted molar refractivity (Wildman–Crippen MR) is 80.4 cm³/mol. The molecule has 0 saturated carbocycles. The molecule has 2 aromatic carbocycles. The van der Waals surface area contributed by atoms with Crippen LogP contribution in [0.5, 0.6) is 0 Å². The average Bonchev–Trinajstić information content (AvgIpc) is 2.97. The van der Waals surface area contributed by atoms with Crippen LogP contribution in [0.4, 0.5) is 5.69 Å². The maximum absolute atomic E-state index is 12.0. The number of fused-ring (bicyclic) bond motifs is 1. The molecular formula is C15H12N4O3. The fraction of sp³-hybridized carbons (Fsp3) is 0.0667. The third-order valence-corrected chi connectivity index (χ3v) is 3.20. The molecule has 0 fully saturated rings. The first-order chi connectivity index (χ1) is 10.6. The number of imidazole rings is 1. The van der Waals surface area contributed by atoms with Crippen LogP contribution in [0.3, 0.4) is 0 Å². The summed E-state index contributed by atoms with van der Waals surface area (Å²) in [6.07, 6.45) is 0. The fourth-order valence-corrected chi connectivity index (χ4v) is 2.06. The minimum Gasteiger partial charge on any atom is -0.345 e. The van der Waals surface area contributed by atoms with Crippen LogP contribution in [0.1, 0.15) is 16.2 Å². The number of amides is 1. The highest BCUT2D eigenvalue weighted by Crippen LogP contribution is 2.12. The number of rotatable bonds is 4. The van der Waals surface area contributed by atoms with Gasteiger partial charge in [-0.1, -0.05) is 24.3 Å². The van der Waals surface area contributed by atoms with Crippen molar-refractivity contribution in [2.45, 2.75) is 6.54 Å². The lowest BCUT2D eigenvalue weighted by molar-refractivity contribution is -0.384. The molecule has 7 nitrogen and oxygen atoms in total. The molecule has 0 radical (unpaired) electrons. The zero-order valence-electron chi connectivity index (χ0n) is 11.4. The van der Waals surface area contributed by atoms with Crippen LogP contribution >= 0.6 is 0 Å². The summed E-state index contributed by atoms with van der Waals surface area (Å²) in [5.74, 6) is -0.0855. The zero-order valence-corrected chi connectivity index (χ0v) is 11.4. The number of aromatic nitrogens is 2. The zero-order chi connectivity index (χ0) is 15.5. The predicted octanol–water partition coefficient (Wildman–Crippen LogP) is 2.40. The van der Waals surface area contributed by atoms with E-state index in [1.54, 1.807) is 12.1 Å². The number of para-hydroxylation sites is 2. The van der Waals surface area contributed by atoms with Crippen molar-refractivity contribution in [2.75, 3.05) is 0 Å². The van der Waals surface area contributed by atoms with E-state index in [1.807, 2.05) is 24.3 Å². The fourth-order valence-electron chi connectivity index (χ4n) is 2.06. The largest absolute Gasteiger partial charge is 0.345 e. The molecule has 2 N–H and O–H groups in total. The minimum atomic E-state index is -0.462. The van der Waals surface area contributed by atoms with Gasteiger partial charge in [0.2, 0.25) is 0 Å². The van der Waals surface area contributed by atoms with E-state index in [-0.39, 0.29) is 24.0 Å². The Morgan fingerprint density at radius 2 is 1.91 bits per heavy atom. The molecule has 0 saturated heterocycles. The van der Waals surface area contributed by atoms with Crippen LogP contribution in [-0.4, -0.2) is 20.8 Å². The monoisotopic (exact) mass is 296 g/mol. The van der Waals surface area contributed by atoms with E-state index in [1.165, 1.54) is 12.1 Å². The Labute approximate surface area is 125 Å². The molecule has 22 heavy (non-hydrogen) atoms. The van der Waals surface area contributed by atoms with Crippen molar-refractivity contribution < 1.29 is 9.72 Å². The van der Waals surface area contributed by atoms with Crippen LogP contribution < -0.4 is 5.32 Å². The first kappa shape index (κ1) is 13.7. The Morgan fingerprint density at radius 1 is 1.18 bits per heavy atom. The molecule has 3 rings (SSSR count). The van der Waals surface area contributed by atoms with E-state index in [2.05, 4.69) is 15.3 Å². The normalized spacial score (nSPS) is 10.5. The van der Waals surface area contributed by atoms with Gasteiger partial charge in [-0.15, -0.1) is 0 Å². The lowest BCUT2D eigenvalue weighted by Crippen LogP contribution is -2.23. The third kappa shape index (κ3) is 2.78.